The summed E-state index contributed by atoms with van der Waals surface area (Å²) in [5.74, 6) is 21.2. The van der Waals surface area contributed by atoms with Gasteiger partial charge < -0.3 is 0 Å². The minimum Gasteiger partial charge on any atom is -0.0856 e. The van der Waals surface area contributed by atoms with Crippen LogP contribution in [0.2, 0.25) is 0 Å². The van der Waals surface area contributed by atoms with Gasteiger partial charge in [0.25, 0.3) is 0 Å². The lowest BCUT2D eigenvalue weighted by molar-refractivity contribution is 0.383. The van der Waals surface area contributed by atoms with E-state index < -0.39 is 0 Å². The molecule has 19 rings (SSSR count). The SMILES string of the molecule is c1ccc(C2C(Pc3ccccc3P(C3C(c4ccccc4)C4C5CC6C4C6C53)C3C(c4ccccc4)C4C5CC6C4C6C53)C3C4CC5C3C5C42)cc1. The van der Waals surface area contributed by atoms with Crippen molar-refractivity contribution in [3.8, 4) is 0 Å². The van der Waals surface area contributed by atoms with Gasteiger partial charge in [-0.1, -0.05) is 132 Å². The summed E-state index contributed by atoms with van der Waals surface area (Å²) in [5, 5.41) is 3.80. The van der Waals surface area contributed by atoms with E-state index in [0.29, 0.717) is 0 Å². The van der Waals surface area contributed by atoms with Crippen LogP contribution in [0, 0.1) is 107 Å². The molecule has 0 nitrogen and oxygen atoms in total. The van der Waals surface area contributed by atoms with E-state index >= 15 is 0 Å². The number of rotatable bonds is 8. The van der Waals surface area contributed by atoms with Gasteiger partial charge in [-0.25, -0.2) is 0 Å². The number of hydrogen-bond donors (Lipinski definition) is 0. The fraction of sp³-hybridized carbons (Fsp3) is 0.529. The molecule has 4 aromatic carbocycles. The molecule has 18 bridgehead atoms. The first-order chi connectivity index (χ1) is 26.4. The summed E-state index contributed by atoms with van der Waals surface area (Å²) in [6.45, 7) is 0. The van der Waals surface area contributed by atoms with E-state index in [1.54, 1.807) is 36.0 Å². The Labute approximate surface area is 318 Å². The van der Waals surface area contributed by atoms with E-state index in [1.165, 1.54) is 0 Å². The molecule has 25 unspecified atom stereocenters. The smallest absolute Gasteiger partial charge is 0.00543 e. The molecule has 53 heavy (non-hydrogen) atoms. The molecule has 0 N–H and O–H groups in total. The van der Waals surface area contributed by atoms with Crippen LogP contribution in [0.25, 0.3) is 0 Å². The Morgan fingerprint density at radius 2 is 0.736 bits per heavy atom. The lowest BCUT2D eigenvalue weighted by Gasteiger charge is -2.46. The van der Waals surface area contributed by atoms with Gasteiger partial charge in [-0.05, 0) is 188 Å². The lowest BCUT2D eigenvalue weighted by atomic mass is 9.82. The molecule has 0 heterocycles. The molecular formula is C51H50P2. The van der Waals surface area contributed by atoms with Crippen molar-refractivity contribution in [2.75, 3.05) is 0 Å². The van der Waals surface area contributed by atoms with Gasteiger partial charge in [0.15, 0.2) is 0 Å². The predicted octanol–water partition coefficient (Wildman–Crippen LogP) is 9.98. The largest absolute Gasteiger partial charge is 0.0856 e. The number of benzene rings is 4. The third-order valence-electron chi connectivity index (χ3n) is 20.4. The summed E-state index contributed by atoms with van der Waals surface area (Å²) >= 11 is 0. The van der Waals surface area contributed by atoms with Crippen molar-refractivity contribution < 1.29 is 0 Å². The second-order valence-electron chi connectivity index (χ2n) is 21.0. The Kier molecular flexibility index (Phi) is 5.28. The topological polar surface area (TPSA) is 0 Å². The van der Waals surface area contributed by atoms with Crippen molar-refractivity contribution in [3.63, 3.8) is 0 Å². The van der Waals surface area contributed by atoms with Crippen molar-refractivity contribution in [2.45, 2.75) is 54.0 Å². The maximum atomic E-state index is 2.80. The molecule has 0 saturated heterocycles. The van der Waals surface area contributed by atoms with E-state index in [-0.39, 0.29) is 7.92 Å². The van der Waals surface area contributed by atoms with Crippen LogP contribution in [0.1, 0.15) is 53.7 Å². The average Bonchev–Trinajstić information content (AvgIpc) is 3.74. The molecule has 0 spiro atoms. The van der Waals surface area contributed by atoms with Crippen LogP contribution in [0.3, 0.4) is 0 Å². The molecule has 4 aromatic rings. The zero-order valence-corrected chi connectivity index (χ0v) is 32.3. The normalized spacial score (nSPS) is 56.3. The summed E-state index contributed by atoms with van der Waals surface area (Å²) in [6.07, 6.45) is 4.74. The second-order valence-corrected chi connectivity index (χ2v) is 25.0. The predicted molar refractivity (Wildman–Crippen MR) is 217 cm³/mol. The van der Waals surface area contributed by atoms with Gasteiger partial charge in [-0.15, -0.1) is 0 Å². The monoisotopic (exact) mass is 724 g/mol. The molecule has 0 radical (unpaired) electrons. The molecule has 15 fully saturated rings. The average molecular weight is 725 g/mol. The third-order valence-corrected chi connectivity index (χ3v) is 26.0. The lowest BCUT2D eigenvalue weighted by Crippen LogP contribution is -2.41. The Morgan fingerprint density at radius 3 is 1.25 bits per heavy atom. The summed E-state index contributed by atoms with van der Waals surface area (Å²) in [6, 6.07) is 47.1. The first-order valence-electron chi connectivity index (χ1n) is 22.2. The van der Waals surface area contributed by atoms with Gasteiger partial charge >= 0.3 is 0 Å². The minimum atomic E-state index is -0.324. The quantitative estimate of drug-likeness (QED) is 0.159. The highest BCUT2D eigenvalue weighted by molar-refractivity contribution is 7.69. The van der Waals surface area contributed by atoms with Crippen molar-refractivity contribution in [2.24, 2.45) is 107 Å². The zero-order valence-electron chi connectivity index (χ0n) is 30.4. The van der Waals surface area contributed by atoms with Gasteiger partial charge in [0, 0.05) is 0 Å². The van der Waals surface area contributed by atoms with Gasteiger partial charge in [0.1, 0.15) is 0 Å². The van der Waals surface area contributed by atoms with E-state index in [0.717, 1.165) is 150 Å². The van der Waals surface area contributed by atoms with Gasteiger partial charge in [0.2, 0.25) is 0 Å². The Hall–Kier alpha value is -2.26. The van der Waals surface area contributed by atoms with E-state index in [1.807, 2.05) is 10.6 Å². The second kappa shape index (κ2) is 9.64. The zero-order chi connectivity index (χ0) is 33.6. The Bertz CT molecular complexity index is 2110. The van der Waals surface area contributed by atoms with E-state index in [4.69, 9.17) is 0 Å². The van der Waals surface area contributed by atoms with Crippen molar-refractivity contribution in [1.29, 1.82) is 0 Å². The molecule has 15 aliphatic rings. The molecule has 2 heteroatoms. The van der Waals surface area contributed by atoms with E-state index in [2.05, 4.69) is 115 Å². The van der Waals surface area contributed by atoms with Crippen LogP contribution in [0.15, 0.2) is 115 Å². The molecule has 15 saturated carbocycles. The first kappa shape index (κ1) is 29.0. The van der Waals surface area contributed by atoms with Gasteiger partial charge in [0.05, 0.1) is 0 Å². The third kappa shape index (κ3) is 3.25. The van der Waals surface area contributed by atoms with Crippen LogP contribution in [0.4, 0.5) is 0 Å². The standard InChI is InChI=1S/C51H50P2/c1-4-12-23(13-5-1)34-37-29-20-26-40(37)43(26)46(29)49(34)52-32-18-10-11-19-33(32)53(50-35(24-14-6-2-7-15-24)38-30-21-27-41(38)44(27)47(30)50)51-36(25-16-8-3-9-17-25)39-31-22-28-42(39)45(28)48(31)51/h1-19,26-31,34-52H,20-22H2. The van der Waals surface area contributed by atoms with Gasteiger partial charge in [-0.3, -0.25) is 0 Å². The molecule has 15 aliphatic carbocycles. The summed E-state index contributed by atoms with van der Waals surface area (Å²) in [7, 11) is 0.665. The molecule has 0 aromatic heterocycles. The fourth-order valence-electron chi connectivity index (χ4n) is 20.0. The highest BCUT2D eigenvalue weighted by atomic mass is 31.1. The van der Waals surface area contributed by atoms with Crippen LogP contribution in [-0.4, -0.2) is 17.0 Å². The maximum Gasteiger partial charge on any atom is -0.00543 e. The molecule has 25 atom stereocenters. The summed E-state index contributed by atoms with van der Waals surface area (Å²) < 4.78 is 0. The molecular weight excluding hydrogens is 675 g/mol. The molecule has 264 valence electrons. The highest BCUT2D eigenvalue weighted by Crippen LogP contribution is 2.91. The first-order valence-corrected chi connectivity index (χ1v) is 24.7. The Balaban J connectivity index is 0.888. The summed E-state index contributed by atoms with van der Waals surface area (Å²) in [5.41, 5.74) is 7.81. The molecule has 0 aliphatic heterocycles. The van der Waals surface area contributed by atoms with Gasteiger partial charge in [-0.2, -0.15) is 0 Å². The maximum absolute atomic E-state index is 2.80. The van der Waals surface area contributed by atoms with Crippen LogP contribution in [0.5, 0.6) is 0 Å². The minimum absolute atomic E-state index is 0.324. The fourth-order valence-corrected chi connectivity index (χ4v) is 27.2. The van der Waals surface area contributed by atoms with Crippen molar-refractivity contribution in [1.82, 2.24) is 0 Å². The van der Waals surface area contributed by atoms with Crippen LogP contribution in [-0.2, 0) is 0 Å². The van der Waals surface area contributed by atoms with Crippen LogP contribution < -0.4 is 10.6 Å². The van der Waals surface area contributed by atoms with Crippen molar-refractivity contribution in [3.05, 3.63) is 132 Å². The van der Waals surface area contributed by atoms with Crippen LogP contribution >= 0.6 is 16.5 Å². The van der Waals surface area contributed by atoms with E-state index in [9.17, 15) is 0 Å². The van der Waals surface area contributed by atoms with Crippen molar-refractivity contribution >= 4 is 27.1 Å². The summed E-state index contributed by atoms with van der Waals surface area (Å²) in [4.78, 5) is 0. The highest BCUT2D eigenvalue weighted by Gasteiger charge is 2.85. The number of hydrogen-bond acceptors (Lipinski definition) is 0. The Morgan fingerprint density at radius 1 is 0.358 bits per heavy atom. The molecule has 0 amide bonds.